The minimum atomic E-state index is -3.78. The van der Waals surface area contributed by atoms with Gasteiger partial charge in [-0.25, -0.2) is 0 Å². The van der Waals surface area contributed by atoms with E-state index in [1.807, 2.05) is 0 Å². The minimum Gasteiger partial charge on any atom is -0.270 e. The third kappa shape index (κ3) is 2.06. The zero-order valence-corrected chi connectivity index (χ0v) is 10.2. The molecule has 0 amide bonds. The van der Waals surface area contributed by atoms with Crippen molar-refractivity contribution in [3.8, 4) is 11.4 Å². The molecule has 2 rings (SSSR count). The third-order valence-corrected chi connectivity index (χ3v) is 3.58. The molecule has 0 saturated carbocycles. The quantitative estimate of drug-likeness (QED) is 0.757. The molecule has 0 atom stereocenters. The van der Waals surface area contributed by atoms with Crippen LogP contribution in [0.5, 0.6) is 0 Å². The molecule has 0 N–H and O–H groups in total. The topological polar surface area (TPSA) is 74.1 Å². The molecule has 0 radical (unpaired) electrons. The highest BCUT2D eigenvalue weighted by Crippen LogP contribution is 2.25. The van der Waals surface area contributed by atoms with E-state index in [-0.39, 0.29) is 4.90 Å². The van der Waals surface area contributed by atoms with Crippen LogP contribution in [-0.4, -0.2) is 30.3 Å². The average molecular weight is 253 g/mol. The van der Waals surface area contributed by atoms with E-state index < -0.39 is 10.1 Å². The Bertz CT molecular complexity index is 620. The molecule has 2 heterocycles. The maximum Gasteiger partial charge on any atom is 0.300 e. The number of nitrogens with zero attached hydrogens (tertiary/aromatic N) is 3. The van der Waals surface area contributed by atoms with Gasteiger partial charge in [0.1, 0.15) is 10.6 Å². The maximum absolute atomic E-state index is 11.7. The molecule has 2 aromatic rings. The molecular formula is C10H11N3O3S. The zero-order valence-electron chi connectivity index (χ0n) is 9.36. The van der Waals surface area contributed by atoms with Gasteiger partial charge in [0, 0.05) is 13.2 Å². The van der Waals surface area contributed by atoms with Crippen molar-refractivity contribution in [3.05, 3.63) is 30.6 Å². The van der Waals surface area contributed by atoms with Crippen LogP contribution in [0, 0.1) is 0 Å². The van der Waals surface area contributed by atoms with Crippen molar-refractivity contribution >= 4 is 10.1 Å². The molecule has 0 aliphatic rings. The predicted octanol–water partition coefficient (Wildman–Crippen LogP) is 0.817. The zero-order chi connectivity index (χ0) is 12.5. The molecule has 2 aromatic heterocycles. The normalized spacial score (nSPS) is 11.6. The Kier molecular flexibility index (Phi) is 2.95. The Morgan fingerprint density at radius 1 is 1.35 bits per heavy atom. The second-order valence-corrected chi connectivity index (χ2v) is 5.00. The van der Waals surface area contributed by atoms with Gasteiger partial charge >= 0.3 is 10.1 Å². The van der Waals surface area contributed by atoms with Crippen LogP contribution in [-0.2, 0) is 21.3 Å². The van der Waals surface area contributed by atoms with Crippen molar-refractivity contribution in [2.45, 2.75) is 4.90 Å². The van der Waals surface area contributed by atoms with E-state index in [4.69, 9.17) is 0 Å². The molecule has 17 heavy (non-hydrogen) atoms. The molecule has 90 valence electrons. The monoisotopic (exact) mass is 253 g/mol. The smallest absolute Gasteiger partial charge is 0.270 e. The lowest BCUT2D eigenvalue weighted by Gasteiger charge is -2.04. The van der Waals surface area contributed by atoms with E-state index in [1.54, 1.807) is 31.4 Å². The Labute approximate surface area is 99.0 Å². The predicted molar refractivity (Wildman–Crippen MR) is 60.6 cm³/mol. The molecule has 0 aliphatic carbocycles. The summed E-state index contributed by atoms with van der Waals surface area (Å²) in [4.78, 5) is 4.12. The first-order valence-electron chi connectivity index (χ1n) is 4.80. The van der Waals surface area contributed by atoms with E-state index in [2.05, 4.69) is 14.3 Å². The van der Waals surface area contributed by atoms with Crippen LogP contribution in [0.1, 0.15) is 0 Å². The van der Waals surface area contributed by atoms with Crippen molar-refractivity contribution in [1.82, 2.24) is 14.8 Å². The fourth-order valence-corrected chi connectivity index (χ4v) is 2.31. The number of pyridine rings is 1. The van der Waals surface area contributed by atoms with Gasteiger partial charge in [0.25, 0.3) is 0 Å². The highest BCUT2D eigenvalue weighted by atomic mass is 32.2. The van der Waals surface area contributed by atoms with E-state index in [0.717, 1.165) is 7.11 Å². The summed E-state index contributed by atoms with van der Waals surface area (Å²) in [6, 6.07) is 5.24. The van der Waals surface area contributed by atoms with Gasteiger partial charge < -0.3 is 0 Å². The highest BCUT2D eigenvalue weighted by Gasteiger charge is 2.23. The molecule has 0 fully saturated rings. The number of hydrogen-bond acceptors (Lipinski definition) is 5. The van der Waals surface area contributed by atoms with Gasteiger partial charge in [0.15, 0.2) is 0 Å². The van der Waals surface area contributed by atoms with Crippen LogP contribution < -0.4 is 0 Å². The van der Waals surface area contributed by atoms with Crippen LogP contribution in [0.25, 0.3) is 11.4 Å². The summed E-state index contributed by atoms with van der Waals surface area (Å²) < 4.78 is 29.4. The van der Waals surface area contributed by atoms with Crippen LogP contribution in [0.15, 0.2) is 35.5 Å². The summed E-state index contributed by atoms with van der Waals surface area (Å²) >= 11 is 0. The number of aromatic nitrogens is 3. The molecule has 0 bridgehead atoms. The lowest BCUT2D eigenvalue weighted by atomic mass is 10.3. The first kappa shape index (κ1) is 11.7. The fourth-order valence-electron chi connectivity index (χ4n) is 1.48. The SMILES string of the molecule is COS(=O)(=O)c1cnn(C)c1-c1ccccn1. The van der Waals surface area contributed by atoms with E-state index in [1.165, 1.54) is 10.9 Å². The average Bonchev–Trinajstić information content (AvgIpc) is 2.73. The van der Waals surface area contributed by atoms with Gasteiger partial charge in [-0.3, -0.25) is 13.8 Å². The Morgan fingerprint density at radius 2 is 2.12 bits per heavy atom. The third-order valence-electron chi connectivity index (χ3n) is 2.30. The van der Waals surface area contributed by atoms with Crippen molar-refractivity contribution in [2.75, 3.05) is 7.11 Å². The van der Waals surface area contributed by atoms with E-state index >= 15 is 0 Å². The van der Waals surface area contributed by atoms with Crippen molar-refractivity contribution in [1.29, 1.82) is 0 Å². The lowest BCUT2D eigenvalue weighted by molar-refractivity contribution is 0.398. The molecule has 0 saturated heterocycles. The number of hydrogen-bond donors (Lipinski definition) is 0. The van der Waals surface area contributed by atoms with Crippen molar-refractivity contribution in [2.24, 2.45) is 7.05 Å². The summed E-state index contributed by atoms with van der Waals surface area (Å²) in [5.74, 6) is 0. The second kappa shape index (κ2) is 4.27. The molecule has 6 nitrogen and oxygen atoms in total. The summed E-state index contributed by atoms with van der Waals surface area (Å²) in [6.45, 7) is 0. The van der Waals surface area contributed by atoms with Gasteiger partial charge in [0.2, 0.25) is 0 Å². The van der Waals surface area contributed by atoms with Crippen LogP contribution >= 0.6 is 0 Å². The summed E-state index contributed by atoms with van der Waals surface area (Å²) in [5, 5.41) is 3.92. The summed E-state index contributed by atoms with van der Waals surface area (Å²) in [7, 11) is -1.01. The molecule has 0 spiro atoms. The van der Waals surface area contributed by atoms with Crippen molar-refractivity contribution < 1.29 is 12.6 Å². The van der Waals surface area contributed by atoms with Gasteiger partial charge in [-0.2, -0.15) is 13.5 Å². The molecule has 0 aromatic carbocycles. The number of aryl methyl sites for hydroxylation is 1. The molecule has 7 heteroatoms. The Morgan fingerprint density at radius 3 is 2.71 bits per heavy atom. The number of rotatable bonds is 3. The largest absolute Gasteiger partial charge is 0.300 e. The Hall–Kier alpha value is -1.73. The van der Waals surface area contributed by atoms with E-state index in [9.17, 15) is 8.42 Å². The molecular weight excluding hydrogens is 242 g/mol. The highest BCUT2D eigenvalue weighted by molar-refractivity contribution is 7.86. The molecule has 0 aliphatic heterocycles. The van der Waals surface area contributed by atoms with Crippen LogP contribution in [0.3, 0.4) is 0 Å². The van der Waals surface area contributed by atoms with Gasteiger partial charge in [-0.1, -0.05) is 6.07 Å². The summed E-state index contributed by atoms with van der Waals surface area (Å²) in [5.41, 5.74) is 0.940. The molecule has 0 unspecified atom stereocenters. The minimum absolute atomic E-state index is 0.0150. The summed E-state index contributed by atoms with van der Waals surface area (Å²) in [6.07, 6.45) is 2.84. The first-order valence-corrected chi connectivity index (χ1v) is 6.21. The standard InChI is InChI=1S/C10H11N3O3S/c1-13-10(8-5-3-4-6-11-8)9(7-12-13)17(14,15)16-2/h3-7H,1-2H3. The van der Waals surface area contributed by atoms with Gasteiger partial charge in [-0.15, -0.1) is 0 Å². The fraction of sp³-hybridized carbons (Fsp3) is 0.200. The van der Waals surface area contributed by atoms with Crippen molar-refractivity contribution in [3.63, 3.8) is 0 Å². The van der Waals surface area contributed by atoms with E-state index in [0.29, 0.717) is 11.4 Å². The van der Waals surface area contributed by atoms with Crippen LogP contribution in [0.2, 0.25) is 0 Å². The first-order chi connectivity index (χ1) is 8.06. The van der Waals surface area contributed by atoms with Gasteiger partial charge in [-0.05, 0) is 12.1 Å². The van der Waals surface area contributed by atoms with Gasteiger partial charge in [0.05, 0.1) is 19.0 Å². The van der Waals surface area contributed by atoms with Crippen LogP contribution in [0.4, 0.5) is 0 Å². The maximum atomic E-state index is 11.7. The second-order valence-electron chi connectivity index (χ2n) is 3.32. The Balaban J connectivity index is 2.67. The lowest BCUT2D eigenvalue weighted by Crippen LogP contribution is -2.05.